The van der Waals surface area contributed by atoms with Crippen molar-refractivity contribution < 1.29 is 9.90 Å². The standard InChI is InChI=1S/C17H19Br2N5O2/c18-13-10-12(11-14(19)15(13)25)2-5-22-17(26)24-8-6-23(7-9-24)16-20-3-1-4-21-16/h1,3-4,10-11,25H,2,5-9H2,(H,22,26). The quantitative estimate of drug-likeness (QED) is 0.697. The first-order valence-corrected chi connectivity index (χ1v) is 9.85. The van der Waals surface area contributed by atoms with E-state index in [0.29, 0.717) is 40.9 Å². The first-order chi connectivity index (χ1) is 12.5. The van der Waals surface area contributed by atoms with Gasteiger partial charge in [-0.2, -0.15) is 0 Å². The van der Waals surface area contributed by atoms with Gasteiger partial charge in [0, 0.05) is 45.1 Å². The van der Waals surface area contributed by atoms with Crippen molar-refractivity contribution in [1.82, 2.24) is 20.2 Å². The number of nitrogens with one attached hydrogen (secondary N) is 1. The number of nitrogens with zero attached hydrogens (tertiary/aromatic N) is 4. The molecule has 0 bridgehead atoms. The molecule has 9 heteroatoms. The van der Waals surface area contributed by atoms with Crippen LogP contribution in [0, 0.1) is 0 Å². The maximum absolute atomic E-state index is 12.3. The van der Waals surface area contributed by atoms with E-state index in [1.54, 1.807) is 18.5 Å². The number of carbonyl (C=O) groups is 1. The fourth-order valence-corrected chi connectivity index (χ4v) is 4.03. The number of hydrogen-bond donors (Lipinski definition) is 2. The van der Waals surface area contributed by atoms with Gasteiger partial charge in [-0.25, -0.2) is 14.8 Å². The number of benzene rings is 1. The monoisotopic (exact) mass is 483 g/mol. The van der Waals surface area contributed by atoms with E-state index in [9.17, 15) is 9.90 Å². The molecule has 0 aliphatic carbocycles. The number of phenols is 1. The Kier molecular flexibility index (Phi) is 6.31. The third-order valence-corrected chi connectivity index (χ3v) is 5.38. The topological polar surface area (TPSA) is 81.6 Å². The highest BCUT2D eigenvalue weighted by Crippen LogP contribution is 2.33. The second kappa shape index (κ2) is 8.68. The van der Waals surface area contributed by atoms with Crippen LogP contribution in [-0.4, -0.2) is 58.7 Å². The van der Waals surface area contributed by atoms with Gasteiger partial charge in [-0.3, -0.25) is 0 Å². The van der Waals surface area contributed by atoms with Crippen molar-refractivity contribution >= 4 is 43.8 Å². The van der Waals surface area contributed by atoms with Gasteiger partial charge in [0.15, 0.2) is 0 Å². The predicted octanol–water partition coefficient (Wildman–Crippen LogP) is 2.78. The molecule has 1 fully saturated rings. The average Bonchev–Trinajstić information content (AvgIpc) is 2.67. The summed E-state index contributed by atoms with van der Waals surface area (Å²) < 4.78 is 1.26. The lowest BCUT2D eigenvalue weighted by Gasteiger charge is -2.34. The van der Waals surface area contributed by atoms with Gasteiger partial charge >= 0.3 is 6.03 Å². The molecule has 1 saturated heterocycles. The van der Waals surface area contributed by atoms with E-state index < -0.39 is 0 Å². The fraction of sp³-hybridized carbons (Fsp3) is 0.353. The summed E-state index contributed by atoms with van der Waals surface area (Å²) in [5.41, 5.74) is 1.02. The molecule has 2 aromatic rings. The molecule has 26 heavy (non-hydrogen) atoms. The highest BCUT2D eigenvalue weighted by atomic mass is 79.9. The number of amides is 2. The van der Waals surface area contributed by atoms with Crippen molar-refractivity contribution in [2.75, 3.05) is 37.6 Å². The van der Waals surface area contributed by atoms with Crippen LogP contribution in [0.25, 0.3) is 0 Å². The van der Waals surface area contributed by atoms with Crippen molar-refractivity contribution in [2.45, 2.75) is 6.42 Å². The third-order valence-electron chi connectivity index (χ3n) is 4.17. The minimum absolute atomic E-state index is 0.0597. The Morgan fingerprint density at radius 3 is 2.35 bits per heavy atom. The van der Waals surface area contributed by atoms with Gasteiger partial charge in [-0.05, 0) is 62.0 Å². The lowest BCUT2D eigenvalue weighted by atomic mass is 10.1. The number of piperazine rings is 1. The summed E-state index contributed by atoms with van der Waals surface area (Å²) in [5.74, 6) is 0.883. The molecule has 0 spiro atoms. The van der Waals surface area contributed by atoms with Crippen molar-refractivity contribution in [3.63, 3.8) is 0 Å². The van der Waals surface area contributed by atoms with Crippen molar-refractivity contribution in [1.29, 1.82) is 0 Å². The molecule has 0 atom stereocenters. The second-order valence-corrected chi connectivity index (χ2v) is 7.62. The van der Waals surface area contributed by atoms with Gasteiger partial charge < -0.3 is 20.2 Å². The lowest BCUT2D eigenvalue weighted by molar-refractivity contribution is 0.194. The Hall–Kier alpha value is -1.87. The number of aromatic nitrogens is 2. The van der Waals surface area contributed by atoms with Crippen LogP contribution >= 0.6 is 31.9 Å². The number of rotatable bonds is 4. The number of halogens is 2. The van der Waals surface area contributed by atoms with Gasteiger partial charge in [0.1, 0.15) is 5.75 Å². The molecule has 0 unspecified atom stereocenters. The van der Waals surface area contributed by atoms with E-state index in [1.807, 2.05) is 17.0 Å². The minimum atomic E-state index is -0.0597. The van der Waals surface area contributed by atoms with Crippen LogP contribution < -0.4 is 10.2 Å². The second-order valence-electron chi connectivity index (χ2n) is 5.91. The molecule has 3 rings (SSSR count). The van der Waals surface area contributed by atoms with E-state index >= 15 is 0 Å². The highest BCUT2D eigenvalue weighted by molar-refractivity contribution is 9.11. The molecule has 0 saturated carbocycles. The highest BCUT2D eigenvalue weighted by Gasteiger charge is 2.22. The molecular formula is C17H19Br2N5O2. The maximum Gasteiger partial charge on any atom is 0.317 e. The van der Waals surface area contributed by atoms with Gasteiger partial charge in [0.25, 0.3) is 0 Å². The van der Waals surface area contributed by atoms with Gasteiger partial charge in [0.05, 0.1) is 8.95 Å². The summed E-state index contributed by atoms with van der Waals surface area (Å²) in [4.78, 5) is 24.7. The zero-order valence-corrected chi connectivity index (χ0v) is 17.2. The summed E-state index contributed by atoms with van der Waals surface area (Å²) in [6.07, 6.45) is 4.13. The van der Waals surface area contributed by atoms with E-state index in [-0.39, 0.29) is 11.8 Å². The van der Waals surface area contributed by atoms with Crippen LogP contribution in [0.3, 0.4) is 0 Å². The largest absolute Gasteiger partial charge is 0.506 e. The molecule has 0 radical (unpaired) electrons. The van der Waals surface area contributed by atoms with E-state index in [0.717, 1.165) is 18.7 Å². The van der Waals surface area contributed by atoms with E-state index in [4.69, 9.17) is 0 Å². The number of phenolic OH excluding ortho intramolecular Hbond substituents is 1. The van der Waals surface area contributed by atoms with Crippen LogP contribution in [0.2, 0.25) is 0 Å². The Morgan fingerprint density at radius 1 is 1.12 bits per heavy atom. The molecule has 1 aliphatic rings. The number of anilines is 1. The molecule has 1 aromatic heterocycles. The third kappa shape index (κ3) is 4.64. The van der Waals surface area contributed by atoms with Crippen LogP contribution in [-0.2, 0) is 6.42 Å². The smallest absolute Gasteiger partial charge is 0.317 e. The summed E-state index contributed by atoms with van der Waals surface area (Å²) in [6.45, 7) is 3.25. The molecule has 1 aromatic carbocycles. The molecule has 1 aliphatic heterocycles. The number of urea groups is 1. The summed E-state index contributed by atoms with van der Waals surface area (Å²) in [6, 6.07) is 5.43. The zero-order valence-electron chi connectivity index (χ0n) is 14.0. The van der Waals surface area contributed by atoms with Crippen LogP contribution in [0.4, 0.5) is 10.7 Å². The predicted molar refractivity (Wildman–Crippen MR) is 106 cm³/mol. The summed E-state index contributed by atoms with van der Waals surface area (Å²) in [7, 11) is 0. The van der Waals surface area contributed by atoms with Crippen molar-refractivity contribution in [2.24, 2.45) is 0 Å². The summed E-state index contributed by atoms with van der Waals surface area (Å²) in [5, 5.41) is 12.7. The van der Waals surface area contributed by atoms with Crippen LogP contribution in [0.5, 0.6) is 5.75 Å². The average molecular weight is 485 g/mol. The van der Waals surface area contributed by atoms with Gasteiger partial charge in [-0.1, -0.05) is 0 Å². The first-order valence-electron chi connectivity index (χ1n) is 8.26. The van der Waals surface area contributed by atoms with Crippen molar-refractivity contribution in [3.8, 4) is 5.75 Å². The minimum Gasteiger partial charge on any atom is -0.506 e. The fourth-order valence-electron chi connectivity index (χ4n) is 2.75. The number of carbonyl (C=O) groups excluding carboxylic acids is 1. The van der Waals surface area contributed by atoms with Gasteiger partial charge in [0.2, 0.25) is 5.95 Å². The van der Waals surface area contributed by atoms with Gasteiger partial charge in [-0.15, -0.1) is 0 Å². The lowest BCUT2D eigenvalue weighted by Crippen LogP contribution is -2.52. The molecule has 138 valence electrons. The zero-order chi connectivity index (χ0) is 18.5. The molecule has 7 nitrogen and oxygen atoms in total. The van der Waals surface area contributed by atoms with Crippen LogP contribution in [0.15, 0.2) is 39.5 Å². The maximum atomic E-state index is 12.3. The molecule has 2 N–H and O–H groups in total. The van der Waals surface area contributed by atoms with Crippen LogP contribution in [0.1, 0.15) is 5.56 Å². The van der Waals surface area contributed by atoms with E-state index in [1.165, 1.54) is 0 Å². The Bertz CT molecular complexity index is 744. The first kappa shape index (κ1) is 18.9. The Morgan fingerprint density at radius 2 is 1.73 bits per heavy atom. The Labute approximate surface area is 168 Å². The normalized spacial score (nSPS) is 14.4. The van der Waals surface area contributed by atoms with Crippen molar-refractivity contribution in [3.05, 3.63) is 45.1 Å². The number of hydrogen-bond acceptors (Lipinski definition) is 5. The van der Waals surface area contributed by atoms with E-state index in [2.05, 4.69) is 52.0 Å². The number of aromatic hydroxyl groups is 1. The molecule has 2 amide bonds. The summed E-state index contributed by atoms with van der Waals surface area (Å²) >= 11 is 6.63. The molecule has 2 heterocycles. The molecular weight excluding hydrogens is 466 g/mol. The Balaban J connectivity index is 1.45. The SMILES string of the molecule is O=C(NCCc1cc(Br)c(O)c(Br)c1)N1CCN(c2ncccn2)CC1.